The largest absolute Gasteiger partial charge is 0.373 e. The number of H-pyrrole nitrogens is 1. The van der Waals surface area contributed by atoms with Gasteiger partial charge in [0.25, 0.3) is 0 Å². The van der Waals surface area contributed by atoms with E-state index in [0.29, 0.717) is 23.9 Å². The van der Waals surface area contributed by atoms with E-state index in [9.17, 15) is 0 Å². The summed E-state index contributed by atoms with van der Waals surface area (Å²) >= 11 is 0. The molecule has 8 heteroatoms. The first-order valence-electron chi connectivity index (χ1n) is 12.3. The van der Waals surface area contributed by atoms with E-state index < -0.39 is 0 Å². The van der Waals surface area contributed by atoms with Crippen molar-refractivity contribution in [3.63, 3.8) is 0 Å². The summed E-state index contributed by atoms with van der Waals surface area (Å²) in [6, 6.07) is 10.0. The van der Waals surface area contributed by atoms with Crippen molar-refractivity contribution in [2.75, 3.05) is 18.6 Å². The molecule has 4 heterocycles. The van der Waals surface area contributed by atoms with Gasteiger partial charge in [0.15, 0.2) is 5.82 Å². The summed E-state index contributed by atoms with van der Waals surface area (Å²) in [5, 5.41) is 3.41. The van der Waals surface area contributed by atoms with Crippen molar-refractivity contribution in [2.24, 2.45) is 4.99 Å². The number of hydrogen-bond acceptors (Lipinski definition) is 5. The second-order valence-corrected chi connectivity index (χ2v) is 10.0. The van der Waals surface area contributed by atoms with Crippen molar-refractivity contribution in [3.05, 3.63) is 106 Å². The highest BCUT2D eigenvalue weighted by molar-refractivity contribution is 6.16. The molecular weight excluding hydrogens is 465 g/mol. The molecule has 4 aromatic rings. The molecule has 7 rings (SSSR count). The van der Waals surface area contributed by atoms with E-state index in [1.165, 1.54) is 0 Å². The Hall–Kier alpha value is -4.46. The number of nitrogens with one attached hydrogen (secondary N) is 2. The first-order valence-corrected chi connectivity index (χ1v) is 12.3. The van der Waals surface area contributed by atoms with Gasteiger partial charge in [-0.3, -0.25) is 4.99 Å². The van der Waals surface area contributed by atoms with Gasteiger partial charge in [-0.1, -0.05) is 23.8 Å². The van der Waals surface area contributed by atoms with E-state index in [1.54, 1.807) is 12.4 Å². The number of allylic oxidation sites excluding steroid dienone is 2. The van der Waals surface area contributed by atoms with E-state index in [2.05, 4.69) is 59.5 Å². The molecule has 0 amide bonds. The fraction of sp³-hybridized carbons (Fsp3) is 0.207. The zero-order valence-corrected chi connectivity index (χ0v) is 21.1. The molecule has 0 saturated carbocycles. The lowest BCUT2D eigenvalue weighted by atomic mass is 9.94. The van der Waals surface area contributed by atoms with Crippen LogP contribution in [0.2, 0.25) is 0 Å². The van der Waals surface area contributed by atoms with Gasteiger partial charge in [0, 0.05) is 24.5 Å². The minimum atomic E-state index is -0.264. The van der Waals surface area contributed by atoms with E-state index in [4.69, 9.17) is 9.98 Å². The number of aryl methyl sites for hydroxylation is 3. The van der Waals surface area contributed by atoms with Crippen molar-refractivity contribution in [1.82, 2.24) is 24.8 Å². The summed E-state index contributed by atoms with van der Waals surface area (Å²) in [7, 11) is 1.87. The van der Waals surface area contributed by atoms with Gasteiger partial charge in [-0.15, -0.1) is 0 Å². The van der Waals surface area contributed by atoms with Gasteiger partial charge in [-0.2, -0.15) is 0 Å². The van der Waals surface area contributed by atoms with Gasteiger partial charge in [0.05, 0.1) is 29.1 Å². The molecule has 7 nitrogen and oxygen atoms in total. The maximum atomic E-state index is 15.7. The number of anilines is 1. The Kier molecular flexibility index (Phi) is 4.58. The van der Waals surface area contributed by atoms with Crippen LogP contribution in [-0.4, -0.2) is 38.9 Å². The number of aromatic amines is 1. The fourth-order valence-electron chi connectivity index (χ4n) is 5.31. The maximum absolute atomic E-state index is 15.7. The van der Waals surface area contributed by atoms with Crippen LogP contribution < -0.4 is 10.2 Å². The lowest BCUT2D eigenvalue weighted by molar-refractivity contribution is 0.622. The Morgan fingerprint density at radius 1 is 1.05 bits per heavy atom. The number of fused-ring (bicyclic) bond motifs is 4. The number of imidazole rings is 2. The smallest absolute Gasteiger partial charge is 0.157 e. The summed E-state index contributed by atoms with van der Waals surface area (Å²) in [5.41, 5.74) is 10.8. The van der Waals surface area contributed by atoms with Crippen LogP contribution in [0, 0.1) is 26.6 Å². The third-order valence-electron chi connectivity index (χ3n) is 7.28. The number of halogens is 1. The van der Waals surface area contributed by atoms with Crippen molar-refractivity contribution >= 4 is 17.1 Å². The zero-order chi connectivity index (χ0) is 25.4. The summed E-state index contributed by atoms with van der Waals surface area (Å²) in [4.78, 5) is 19.7. The standard InChI is InChI=1S/C29H26FN7/c1-15-5-6-16(2)19(9-15)18-10-20-24(32-13-36(4)28(20)21(30)11-18)29-34-26-23(37-12-17(3)31-14-37)8-7-22-25(33-22)27(26)35-29/h5-12,14,25,33H,13H2,1-4H3,(H,34,35). The zero-order valence-electron chi connectivity index (χ0n) is 21.1. The average Bonchev–Trinajstić information content (AvgIpc) is 3.35. The third-order valence-corrected chi connectivity index (χ3v) is 7.28. The number of nitrogens with zero attached hydrogens (tertiary/aromatic N) is 5. The van der Waals surface area contributed by atoms with Crippen LogP contribution in [0.3, 0.4) is 0 Å². The molecule has 0 spiro atoms. The molecule has 2 aliphatic heterocycles. The molecule has 1 unspecified atom stereocenters. The summed E-state index contributed by atoms with van der Waals surface area (Å²) < 4.78 is 17.6. The van der Waals surface area contributed by atoms with Gasteiger partial charge >= 0.3 is 0 Å². The van der Waals surface area contributed by atoms with Crippen molar-refractivity contribution in [2.45, 2.75) is 26.8 Å². The number of hydrogen-bond donors (Lipinski definition) is 2. The Morgan fingerprint density at radius 3 is 2.73 bits per heavy atom. The second kappa shape index (κ2) is 7.77. The Balaban J connectivity index is 1.38. The molecule has 184 valence electrons. The Morgan fingerprint density at radius 2 is 1.92 bits per heavy atom. The summed E-state index contributed by atoms with van der Waals surface area (Å²) in [6.07, 6.45) is 7.93. The van der Waals surface area contributed by atoms with Gasteiger partial charge < -0.3 is 19.8 Å². The molecule has 1 aliphatic carbocycles. The number of rotatable bonds is 3. The molecule has 1 fully saturated rings. The molecule has 1 atom stereocenters. The van der Waals surface area contributed by atoms with Crippen LogP contribution in [0.25, 0.3) is 16.8 Å². The van der Waals surface area contributed by atoms with Crippen molar-refractivity contribution in [1.29, 1.82) is 0 Å². The number of benzene rings is 2. The molecule has 2 aromatic carbocycles. The molecule has 1 saturated heterocycles. The van der Waals surface area contributed by atoms with Crippen LogP contribution in [0.1, 0.15) is 45.6 Å². The molecule has 2 N–H and O–H groups in total. The highest BCUT2D eigenvalue weighted by atomic mass is 19.1. The Bertz CT molecular complexity index is 1700. The average molecular weight is 492 g/mol. The second-order valence-electron chi connectivity index (χ2n) is 10.0. The third kappa shape index (κ3) is 3.43. The quantitative estimate of drug-likeness (QED) is 0.395. The number of aromatic nitrogens is 4. The summed E-state index contributed by atoms with van der Waals surface area (Å²) in [6.45, 7) is 6.42. The predicted octanol–water partition coefficient (Wildman–Crippen LogP) is 5.01. The monoisotopic (exact) mass is 491 g/mol. The molecule has 0 radical (unpaired) electrons. The first kappa shape index (κ1) is 21.8. The van der Waals surface area contributed by atoms with Crippen molar-refractivity contribution < 1.29 is 4.39 Å². The van der Waals surface area contributed by atoms with E-state index in [0.717, 1.165) is 56.3 Å². The molecule has 37 heavy (non-hydrogen) atoms. The van der Waals surface area contributed by atoms with Crippen LogP contribution in [0.5, 0.6) is 0 Å². The van der Waals surface area contributed by atoms with E-state index in [1.807, 2.05) is 35.7 Å². The highest BCUT2D eigenvalue weighted by Crippen LogP contribution is 2.41. The number of aliphatic imine (C=N–C) groups is 1. The van der Waals surface area contributed by atoms with Crippen LogP contribution >= 0.6 is 0 Å². The van der Waals surface area contributed by atoms with Crippen LogP contribution in [-0.2, 0) is 0 Å². The maximum Gasteiger partial charge on any atom is 0.157 e. The Labute approximate surface area is 214 Å². The normalized spacial score (nSPS) is 17.6. The topological polar surface area (TPSA) is 84.0 Å². The minimum Gasteiger partial charge on any atom is -0.373 e. The molecule has 0 bridgehead atoms. The first-order chi connectivity index (χ1) is 17.9. The molecule has 3 aliphatic rings. The predicted molar refractivity (Wildman–Crippen MR) is 143 cm³/mol. The van der Waals surface area contributed by atoms with Crippen LogP contribution in [0.4, 0.5) is 10.1 Å². The SMILES string of the molecule is Cc1ccc(C)c(-c2cc(F)c3c(c2)C(c2nc4c([nH]2)C2NC2=CC=C4n2cnc(C)c2)=NCN3C)c1. The lowest BCUT2D eigenvalue weighted by Gasteiger charge is -2.27. The van der Waals surface area contributed by atoms with Gasteiger partial charge in [0.2, 0.25) is 0 Å². The molecular formula is C29H26FN7. The minimum absolute atomic E-state index is 0.0824. The summed E-state index contributed by atoms with van der Waals surface area (Å²) in [5.74, 6) is 0.370. The van der Waals surface area contributed by atoms with E-state index in [-0.39, 0.29) is 11.9 Å². The van der Waals surface area contributed by atoms with Gasteiger partial charge in [-0.05, 0) is 61.7 Å². The highest BCUT2D eigenvalue weighted by Gasteiger charge is 2.38. The van der Waals surface area contributed by atoms with Crippen molar-refractivity contribution in [3.8, 4) is 11.1 Å². The lowest BCUT2D eigenvalue weighted by Crippen LogP contribution is -2.28. The van der Waals surface area contributed by atoms with Crippen LogP contribution in [0.15, 0.2) is 65.7 Å². The van der Waals surface area contributed by atoms with Gasteiger partial charge in [0.1, 0.15) is 29.9 Å². The van der Waals surface area contributed by atoms with E-state index >= 15 is 4.39 Å². The molecule has 2 aromatic heterocycles. The fourth-order valence-corrected chi connectivity index (χ4v) is 5.31. The van der Waals surface area contributed by atoms with Gasteiger partial charge in [-0.25, -0.2) is 14.4 Å².